The van der Waals surface area contributed by atoms with Crippen molar-refractivity contribution in [3.8, 4) is 5.75 Å². The number of rotatable bonds is 4. The molecule has 21 heavy (non-hydrogen) atoms. The summed E-state index contributed by atoms with van der Waals surface area (Å²) in [5.74, 6) is -1.63. The third-order valence-corrected chi connectivity index (χ3v) is 5.97. The van der Waals surface area contributed by atoms with Crippen LogP contribution >= 0.6 is 22.9 Å². The second-order valence-electron chi connectivity index (χ2n) is 4.16. The average Bonchev–Trinajstić information content (AvgIpc) is 2.72. The van der Waals surface area contributed by atoms with Crippen molar-refractivity contribution in [2.24, 2.45) is 0 Å². The number of carbonyl (C=O) groups is 1. The molecule has 0 atom stereocenters. The predicted octanol–water partition coefficient (Wildman–Crippen LogP) is 2.91. The van der Waals surface area contributed by atoms with Crippen molar-refractivity contribution < 1.29 is 23.4 Å². The number of carboxylic acids is 1. The molecule has 3 N–H and O–H groups in total. The number of hydrogen-bond acceptors (Lipinski definition) is 5. The van der Waals surface area contributed by atoms with Crippen LogP contribution < -0.4 is 4.72 Å². The van der Waals surface area contributed by atoms with E-state index in [9.17, 15) is 18.3 Å². The summed E-state index contributed by atoms with van der Waals surface area (Å²) < 4.78 is 26.9. The zero-order valence-corrected chi connectivity index (χ0v) is 13.0. The number of carboxylic acid groups (broad SMARTS) is 1. The van der Waals surface area contributed by atoms with E-state index in [0.717, 1.165) is 17.4 Å². The number of nitrogens with one attached hydrogen (secondary N) is 1. The number of sulfonamides is 1. The molecular formula is C12H10ClNO5S2. The second-order valence-corrected chi connectivity index (χ2v) is 7.73. The molecule has 0 saturated carbocycles. The minimum absolute atomic E-state index is 0.0191. The van der Waals surface area contributed by atoms with E-state index in [1.54, 1.807) is 6.92 Å². The lowest BCUT2D eigenvalue weighted by molar-refractivity contribution is 0.0697. The molecule has 0 spiro atoms. The zero-order valence-electron chi connectivity index (χ0n) is 10.6. The molecular weight excluding hydrogens is 338 g/mol. The maximum atomic E-state index is 12.2. The Hall–Kier alpha value is -1.77. The van der Waals surface area contributed by atoms with Crippen LogP contribution in [0.1, 0.15) is 15.9 Å². The Bertz CT molecular complexity index is 794. The van der Waals surface area contributed by atoms with Crippen LogP contribution in [-0.4, -0.2) is 24.6 Å². The Labute approximate surface area is 129 Å². The number of phenolic OH excluding ortho intramolecular Hbond substituents is 1. The van der Waals surface area contributed by atoms with Crippen molar-refractivity contribution >= 4 is 44.6 Å². The lowest BCUT2D eigenvalue weighted by atomic mass is 10.2. The van der Waals surface area contributed by atoms with E-state index in [2.05, 4.69) is 4.72 Å². The molecule has 0 unspecified atom stereocenters. The normalized spacial score (nSPS) is 11.3. The van der Waals surface area contributed by atoms with Crippen LogP contribution in [0.15, 0.2) is 28.5 Å². The maximum absolute atomic E-state index is 12.2. The highest BCUT2D eigenvalue weighted by Crippen LogP contribution is 2.32. The number of thiophene rings is 1. The van der Waals surface area contributed by atoms with Crippen LogP contribution in [0.2, 0.25) is 4.34 Å². The van der Waals surface area contributed by atoms with E-state index in [1.807, 2.05) is 0 Å². The highest BCUT2D eigenvalue weighted by Gasteiger charge is 2.21. The molecule has 0 amide bonds. The molecule has 112 valence electrons. The Kier molecular flexibility index (Phi) is 4.13. The molecule has 0 bridgehead atoms. The third-order valence-electron chi connectivity index (χ3n) is 2.58. The van der Waals surface area contributed by atoms with Gasteiger partial charge in [-0.05, 0) is 36.8 Å². The van der Waals surface area contributed by atoms with E-state index in [4.69, 9.17) is 16.7 Å². The van der Waals surface area contributed by atoms with E-state index in [1.165, 1.54) is 18.2 Å². The first-order valence-electron chi connectivity index (χ1n) is 5.56. The summed E-state index contributed by atoms with van der Waals surface area (Å²) in [6.45, 7) is 1.67. The second kappa shape index (κ2) is 5.55. The number of aryl methyl sites for hydroxylation is 1. The molecule has 1 aromatic heterocycles. The number of hydrogen-bond donors (Lipinski definition) is 3. The Morgan fingerprint density at radius 1 is 1.33 bits per heavy atom. The Morgan fingerprint density at radius 3 is 2.52 bits per heavy atom. The first-order valence-corrected chi connectivity index (χ1v) is 8.23. The quantitative estimate of drug-likeness (QED) is 0.738. The van der Waals surface area contributed by atoms with Gasteiger partial charge in [0.1, 0.15) is 9.96 Å². The summed E-state index contributed by atoms with van der Waals surface area (Å²) in [5.41, 5.74) is 0.131. The molecule has 2 rings (SSSR count). The van der Waals surface area contributed by atoms with Gasteiger partial charge >= 0.3 is 5.97 Å². The van der Waals surface area contributed by atoms with Crippen molar-refractivity contribution in [3.05, 3.63) is 39.7 Å². The number of aromatic hydroxyl groups is 1. The minimum atomic E-state index is -3.94. The van der Waals surface area contributed by atoms with Gasteiger partial charge in [-0.15, -0.1) is 11.3 Å². The van der Waals surface area contributed by atoms with Crippen LogP contribution in [0.5, 0.6) is 5.75 Å². The molecule has 0 saturated heterocycles. The Morgan fingerprint density at radius 2 is 2.00 bits per heavy atom. The molecule has 0 aliphatic carbocycles. The summed E-state index contributed by atoms with van der Waals surface area (Å²) in [6.07, 6.45) is 0. The van der Waals surface area contributed by atoms with Crippen LogP contribution in [0.3, 0.4) is 0 Å². The first kappa shape index (κ1) is 15.6. The summed E-state index contributed by atoms with van der Waals surface area (Å²) >= 11 is 6.72. The van der Waals surface area contributed by atoms with Gasteiger partial charge in [0.05, 0.1) is 15.6 Å². The van der Waals surface area contributed by atoms with Crippen molar-refractivity contribution in [2.45, 2.75) is 11.1 Å². The minimum Gasteiger partial charge on any atom is -0.508 e. The molecule has 0 radical (unpaired) electrons. The molecule has 1 aromatic carbocycles. The number of aromatic carboxylic acids is 1. The van der Waals surface area contributed by atoms with Gasteiger partial charge in [0.2, 0.25) is 0 Å². The first-order chi connectivity index (χ1) is 9.70. The molecule has 2 aromatic rings. The largest absolute Gasteiger partial charge is 0.508 e. The van der Waals surface area contributed by atoms with Crippen molar-refractivity contribution in [1.82, 2.24) is 0 Å². The number of halogens is 1. The summed E-state index contributed by atoms with van der Waals surface area (Å²) in [4.78, 5) is 11.1. The fraction of sp³-hybridized carbons (Fsp3) is 0.0833. The number of anilines is 1. The van der Waals surface area contributed by atoms with E-state index >= 15 is 0 Å². The van der Waals surface area contributed by atoms with Crippen LogP contribution in [-0.2, 0) is 10.0 Å². The molecule has 0 aliphatic heterocycles. The SMILES string of the molecule is Cc1cc(S(=O)(=O)Nc2ccc(O)cc2C(=O)O)sc1Cl. The Balaban J connectivity index is 2.44. The topological polar surface area (TPSA) is 104 Å². The summed E-state index contributed by atoms with van der Waals surface area (Å²) in [7, 11) is -3.94. The fourth-order valence-electron chi connectivity index (χ4n) is 1.56. The molecule has 0 aliphatic rings. The monoisotopic (exact) mass is 347 g/mol. The average molecular weight is 348 g/mol. The number of phenols is 1. The standard InChI is InChI=1S/C12H10ClNO5S2/c1-6-4-10(20-11(6)13)21(18,19)14-9-3-2-7(15)5-8(9)12(16)17/h2-5,14-15H,1H3,(H,16,17). The lowest BCUT2D eigenvalue weighted by Gasteiger charge is -2.09. The van der Waals surface area contributed by atoms with Crippen molar-refractivity contribution in [2.75, 3.05) is 4.72 Å². The van der Waals surface area contributed by atoms with Crippen LogP contribution in [0, 0.1) is 6.92 Å². The van der Waals surface area contributed by atoms with Crippen molar-refractivity contribution in [3.63, 3.8) is 0 Å². The molecule has 9 heteroatoms. The molecule has 6 nitrogen and oxygen atoms in total. The highest BCUT2D eigenvalue weighted by atomic mass is 35.5. The van der Waals surface area contributed by atoms with Gasteiger partial charge in [-0.1, -0.05) is 11.6 Å². The van der Waals surface area contributed by atoms with Gasteiger partial charge in [-0.25, -0.2) is 13.2 Å². The lowest BCUT2D eigenvalue weighted by Crippen LogP contribution is -2.14. The van der Waals surface area contributed by atoms with Crippen LogP contribution in [0.4, 0.5) is 5.69 Å². The molecule has 0 fully saturated rings. The van der Waals surface area contributed by atoms with Gasteiger partial charge in [0, 0.05) is 0 Å². The third kappa shape index (κ3) is 3.29. The number of benzene rings is 1. The smallest absolute Gasteiger partial charge is 0.337 e. The predicted molar refractivity (Wildman–Crippen MR) is 79.9 cm³/mol. The van der Waals surface area contributed by atoms with Gasteiger partial charge in [-0.3, -0.25) is 4.72 Å². The van der Waals surface area contributed by atoms with E-state index in [-0.39, 0.29) is 21.2 Å². The summed E-state index contributed by atoms with van der Waals surface area (Å²) in [5, 5.41) is 18.3. The highest BCUT2D eigenvalue weighted by molar-refractivity contribution is 7.94. The van der Waals surface area contributed by atoms with E-state index in [0.29, 0.717) is 9.90 Å². The molecule has 1 heterocycles. The fourth-order valence-corrected chi connectivity index (χ4v) is 4.34. The van der Waals surface area contributed by atoms with Crippen LogP contribution in [0.25, 0.3) is 0 Å². The van der Waals surface area contributed by atoms with E-state index < -0.39 is 16.0 Å². The maximum Gasteiger partial charge on any atom is 0.337 e. The zero-order chi connectivity index (χ0) is 15.8. The summed E-state index contributed by atoms with van der Waals surface area (Å²) in [6, 6.07) is 4.73. The van der Waals surface area contributed by atoms with Gasteiger partial charge in [-0.2, -0.15) is 0 Å². The van der Waals surface area contributed by atoms with Crippen molar-refractivity contribution in [1.29, 1.82) is 0 Å². The van der Waals surface area contributed by atoms with Gasteiger partial charge < -0.3 is 10.2 Å². The van der Waals surface area contributed by atoms with Gasteiger partial charge in [0.15, 0.2) is 0 Å². The van der Waals surface area contributed by atoms with Gasteiger partial charge in [0.25, 0.3) is 10.0 Å².